The highest BCUT2D eigenvalue weighted by atomic mass is 79.9. The van der Waals surface area contributed by atoms with Crippen LogP contribution < -0.4 is 4.90 Å². The van der Waals surface area contributed by atoms with Crippen LogP contribution in [0.25, 0.3) is 6.08 Å². The molecule has 1 heterocycles. The summed E-state index contributed by atoms with van der Waals surface area (Å²) < 4.78 is 0.925. The van der Waals surface area contributed by atoms with E-state index >= 15 is 0 Å². The molecule has 5 nitrogen and oxygen atoms in total. The number of hydrogen-bond donors (Lipinski definition) is 0. The summed E-state index contributed by atoms with van der Waals surface area (Å²) in [5.74, 6) is -0.765. The van der Waals surface area contributed by atoms with Gasteiger partial charge in [0.2, 0.25) is 0 Å². The first-order valence-electron chi connectivity index (χ1n) is 7.68. The molecule has 128 valence electrons. The molecule has 2 amide bonds. The van der Waals surface area contributed by atoms with E-state index in [9.17, 15) is 9.59 Å². The van der Waals surface area contributed by atoms with E-state index in [1.807, 2.05) is 18.2 Å². The predicted molar refractivity (Wildman–Crippen MR) is 104 cm³/mol. The second-order valence-electron chi connectivity index (χ2n) is 5.45. The Morgan fingerprint density at radius 3 is 2.12 bits per heavy atom. The Kier molecular flexibility index (Phi) is 5.77. The highest BCUT2D eigenvalue weighted by molar-refractivity contribution is 9.10. The number of anilines is 1. The lowest BCUT2D eigenvalue weighted by Gasteiger charge is -2.31. The molecule has 0 radical (unpaired) electrons. The smallest absolute Gasteiger partial charge is 0.265 e. The summed E-state index contributed by atoms with van der Waals surface area (Å²) in [6.45, 7) is 6.00. The Morgan fingerprint density at radius 2 is 1.67 bits per heavy atom. The topological polar surface area (TPSA) is 43.9 Å². The maximum atomic E-state index is 12.4. The number of nitrogens with zero attached hydrogens (tertiary/aromatic N) is 3. The third kappa shape index (κ3) is 3.37. The minimum Gasteiger partial charge on any atom is -0.371 e. The minimum atomic E-state index is -0.382. The van der Waals surface area contributed by atoms with Gasteiger partial charge >= 0.3 is 0 Å². The lowest BCUT2D eigenvalue weighted by atomic mass is 10.1. The summed E-state index contributed by atoms with van der Waals surface area (Å²) >= 11 is 8.66. The molecule has 0 N–H and O–H groups in total. The molecule has 24 heavy (non-hydrogen) atoms. The van der Waals surface area contributed by atoms with Crippen LogP contribution in [-0.2, 0) is 9.59 Å². The maximum Gasteiger partial charge on any atom is 0.265 e. The molecule has 1 aliphatic heterocycles. The number of rotatable bonds is 4. The minimum absolute atomic E-state index is 0.107. The summed E-state index contributed by atoms with van der Waals surface area (Å²) in [4.78, 5) is 29.5. The first-order valence-corrected chi connectivity index (χ1v) is 8.88. The molecule has 0 unspecified atom stereocenters. The van der Waals surface area contributed by atoms with Crippen molar-refractivity contribution in [3.05, 3.63) is 33.8 Å². The Balaban J connectivity index is 2.40. The molecule has 0 bridgehead atoms. The van der Waals surface area contributed by atoms with E-state index in [-0.39, 0.29) is 22.5 Å². The highest BCUT2D eigenvalue weighted by Gasteiger charge is 2.35. The van der Waals surface area contributed by atoms with Gasteiger partial charge in [0.25, 0.3) is 11.8 Å². The van der Waals surface area contributed by atoms with Gasteiger partial charge in [-0.3, -0.25) is 19.4 Å². The number of thiocarbonyl (C=S) groups is 1. The third-order valence-corrected chi connectivity index (χ3v) is 5.21. The van der Waals surface area contributed by atoms with E-state index in [0.717, 1.165) is 28.8 Å². The van der Waals surface area contributed by atoms with Crippen LogP contribution >= 0.6 is 28.1 Å². The van der Waals surface area contributed by atoms with Crippen molar-refractivity contribution in [2.24, 2.45) is 0 Å². The number of likely N-dealkylation sites (N-methyl/N-ethyl adjacent to an activating group) is 2. The lowest BCUT2D eigenvalue weighted by Crippen LogP contribution is -2.52. The average molecular weight is 410 g/mol. The molecular formula is C17H20BrN3O2S. The van der Waals surface area contributed by atoms with E-state index in [1.165, 1.54) is 9.80 Å². The second-order valence-corrected chi connectivity index (χ2v) is 6.67. The van der Waals surface area contributed by atoms with Crippen molar-refractivity contribution in [3.63, 3.8) is 0 Å². The Hall–Kier alpha value is -1.73. The Bertz CT molecular complexity index is 703. The molecule has 0 aliphatic carbocycles. The van der Waals surface area contributed by atoms with Crippen LogP contribution in [0, 0.1) is 0 Å². The molecule has 1 fully saturated rings. The van der Waals surface area contributed by atoms with Crippen molar-refractivity contribution in [2.75, 3.05) is 32.1 Å². The van der Waals surface area contributed by atoms with Crippen LogP contribution in [0.3, 0.4) is 0 Å². The van der Waals surface area contributed by atoms with Gasteiger partial charge in [0.05, 0.1) is 5.69 Å². The molecule has 2 rings (SSSR count). The molecule has 1 aliphatic rings. The van der Waals surface area contributed by atoms with Gasteiger partial charge in [-0.15, -0.1) is 0 Å². The SMILES string of the molecule is CCN(CC)c1ccc(C=C2C(=O)N(C)C(=S)N(C)C2=O)cc1Br. The fraction of sp³-hybridized carbons (Fsp3) is 0.353. The van der Waals surface area contributed by atoms with Gasteiger partial charge in [0, 0.05) is 31.7 Å². The summed E-state index contributed by atoms with van der Waals surface area (Å²) in [6.07, 6.45) is 1.61. The largest absolute Gasteiger partial charge is 0.371 e. The molecule has 0 saturated carbocycles. The van der Waals surface area contributed by atoms with Crippen molar-refractivity contribution < 1.29 is 9.59 Å². The van der Waals surface area contributed by atoms with E-state index in [0.29, 0.717) is 0 Å². The van der Waals surface area contributed by atoms with E-state index in [4.69, 9.17) is 12.2 Å². The van der Waals surface area contributed by atoms with Crippen LogP contribution in [0.4, 0.5) is 5.69 Å². The predicted octanol–water partition coefficient (Wildman–Crippen LogP) is 2.89. The zero-order chi connectivity index (χ0) is 18.0. The maximum absolute atomic E-state index is 12.4. The summed E-state index contributed by atoms with van der Waals surface area (Å²) in [5, 5.41) is 0.209. The van der Waals surface area contributed by atoms with Gasteiger partial charge < -0.3 is 4.90 Å². The van der Waals surface area contributed by atoms with Crippen LogP contribution in [0.15, 0.2) is 28.2 Å². The fourth-order valence-electron chi connectivity index (χ4n) is 2.58. The van der Waals surface area contributed by atoms with Gasteiger partial charge in [0.15, 0.2) is 5.11 Å². The molecular weight excluding hydrogens is 390 g/mol. The normalized spacial score (nSPS) is 15.2. The molecule has 7 heteroatoms. The van der Waals surface area contributed by atoms with Crippen molar-refractivity contribution in [1.29, 1.82) is 0 Å². The zero-order valence-corrected chi connectivity index (χ0v) is 16.6. The van der Waals surface area contributed by atoms with Gasteiger partial charge in [-0.05, 0) is 65.8 Å². The molecule has 0 spiro atoms. The van der Waals surface area contributed by atoms with Crippen molar-refractivity contribution >= 4 is 56.8 Å². The van der Waals surface area contributed by atoms with Crippen molar-refractivity contribution in [2.45, 2.75) is 13.8 Å². The third-order valence-electron chi connectivity index (χ3n) is 4.03. The number of hydrogen-bond acceptors (Lipinski definition) is 4. The number of amides is 2. The summed E-state index contributed by atoms with van der Waals surface area (Å²) in [6, 6.07) is 5.80. The molecule has 1 aromatic carbocycles. The first kappa shape index (κ1) is 18.6. The van der Waals surface area contributed by atoms with E-state index in [2.05, 4.69) is 34.7 Å². The number of halogens is 1. The number of benzene rings is 1. The quantitative estimate of drug-likeness (QED) is 0.435. The van der Waals surface area contributed by atoms with Crippen LogP contribution in [0.5, 0.6) is 0 Å². The van der Waals surface area contributed by atoms with Gasteiger partial charge in [0.1, 0.15) is 5.57 Å². The van der Waals surface area contributed by atoms with Crippen LogP contribution in [-0.4, -0.2) is 53.9 Å². The van der Waals surface area contributed by atoms with Crippen LogP contribution in [0.2, 0.25) is 0 Å². The standard InChI is InChI=1S/C17H20BrN3O2S/c1-5-21(6-2)14-8-7-11(10-13(14)18)9-12-15(22)19(3)17(24)20(4)16(12)23/h7-10H,5-6H2,1-4H3. The first-order chi connectivity index (χ1) is 11.3. The monoisotopic (exact) mass is 409 g/mol. The highest BCUT2D eigenvalue weighted by Crippen LogP contribution is 2.28. The summed E-state index contributed by atoms with van der Waals surface area (Å²) in [5.41, 5.74) is 1.97. The Morgan fingerprint density at radius 1 is 1.12 bits per heavy atom. The fourth-order valence-corrected chi connectivity index (χ4v) is 3.39. The molecule has 1 aromatic rings. The average Bonchev–Trinajstić information content (AvgIpc) is 2.58. The van der Waals surface area contributed by atoms with Crippen molar-refractivity contribution in [3.8, 4) is 0 Å². The molecule has 1 saturated heterocycles. The molecule has 0 aromatic heterocycles. The second kappa shape index (κ2) is 7.44. The zero-order valence-electron chi connectivity index (χ0n) is 14.2. The number of carbonyl (C=O) groups is 2. The number of carbonyl (C=O) groups excluding carboxylic acids is 2. The van der Waals surface area contributed by atoms with E-state index < -0.39 is 0 Å². The van der Waals surface area contributed by atoms with Gasteiger partial charge in [-0.2, -0.15) is 0 Å². The lowest BCUT2D eigenvalue weighted by molar-refractivity contribution is -0.132. The molecule has 0 atom stereocenters. The van der Waals surface area contributed by atoms with E-state index in [1.54, 1.807) is 20.2 Å². The van der Waals surface area contributed by atoms with Gasteiger partial charge in [-0.1, -0.05) is 6.07 Å². The van der Waals surface area contributed by atoms with Crippen LogP contribution in [0.1, 0.15) is 19.4 Å². The van der Waals surface area contributed by atoms with Gasteiger partial charge in [-0.25, -0.2) is 0 Å². The summed E-state index contributed by atoms with van der Waals surface area (Å²) in [7, 11) is 3.14. The Labute approximate surface area is 156 Å². The van der Waals surface area contributed by atoms with Crippen molar-refractivity contribution in [1.82, 2.24) is 9.80 Å².